The van der Waals surface area contributed by atoms with Gasteiger partial charge in [-0.2, -0.15) is 0 Å². The third-order valence-electron chi connectivity index (χ3n) is 3.65. The summed E-state index contributed by atoms with van der Waals surface area (Å²) in [5, 5.41) is 1.95. The Morgan fingerprint density at radius 1 is 1.10 bits per heavy atom. The minimum absolute atomic E-state index is 0.544. The van der Waals surface area contributed by atoms with Crippen LogP contribution in [0.4, 0.5) is 0 Å². The van der Waals surface area contributed by atoms with Gasteiger partial charge in [0.05, 0.1) is 16.2 Å². The van der Waals surface area contributed by atoms with Gasteiger partial charge in [0.1, 0.15) is 12.4 Å². The number of para-hydroxylation sites is 1. The van der Waals surface area contributed by atoms with Crippen molar-refractivity contribution in [3.05, 3.63) is 64.8 Å². The first-order chi connectivity index (χ1) is 10.2. The predicted octanol–water partition coefficient (Wildman–Crippen LogP) is 5.20. The lowest BCUT2D eigenvalue weighted by molar-refractivity contribution is 0.296. The van der Waals surface area contributed by atoms with Gasteiger partial charge in [0.2, 0.25) is 0 Å². The van der Waals surface area contributed by atoms with Gasteiger partial charge < -0.3 is 9.30 Å². The monoisotopic (exact) mass is 299 g/mol. The molecule has 2 aromatic carbocycles. The summed E-state index contributed by atoms with van der Waals surface area (Å²) >= 11 is 6.33. The zero-order valence-corrected chi connectivity index (χ0v) is 13.0. The molecule has 0 radical (unpaired) electrons. The fourth-order valence-electron chi connectivity index (χ4n) is 2.68. The van der Waals surface area contributed by atoms with Crippen LogP contribution in [0.2, 0.25) is 5.02 Å². The van der Waals surface area contributed by atoms with Crippen molar-refractivity contribution in [2.45, 2.75) is 27.0 Å². The number of hydrogen-bond acceptors (Lipinski definition) is 1. The Kier molecular flexibility index (Phi) is 3.89. The Labute approximate surface area is 129 Å². The average Bonchev–Trinajstić information content (AvgIpc) is 2.84. The van der Waals surface area contributed by atoms with Gasteiger partial charge in [0.15, 0.2) is 0 Å². The van der Waals surface area contributed by atoms with Gasteiger partial charge in [-0.15, -0.1) is 0 Å². The molecule has 1 heterocycles. The second kappa shape index (κ2) is 5.82. The maximum absolute atomic E-state index is 6.33. The van der Waals surface area contributed by atoms with Crippen molar-refractivity contribution in [3.8, 4) is 5.75 Å². The van der Waals surface area contributed by atoms with E-state index in [-0.39, 0.29) is 0 Å². The maximum atomic E-state index is 6.33. The Morgan fingerprint density at radius 3 is 2.67 bits per heavy atom. The highest BCUT2D eigenvalue weighted by molar-refractivity contribution is 6.35. The largest absolute Gasteiger partial charge is 0.487 e. The van der Waals surface area contributed by atoms with Crippen LogP contribution in [-0.2, 0) is 13.2 Å². The van der Waals surface area contributed by atoms with Gasteiger partial charge >= 0.3 is 0 Å². The SMILES string of the molecule is CCn1c(COc2cccc(C)c2)cc2cccc(Cl)c21. The number of fused-ring (bicyclic) bond motifs is 1. The minimum atomic E-state index is 0.544. The normalized spacial score (nSPS) is 11.0. The summed E-state index contributed by atoms with van der Waals surface area (Å²) in [4.78, 5) is 0. The molecule has 108 valence electrons. The van der Waals surface area contributed by atoms with Crippen molar-refractivity contribution in [2.75, 3.05) is 0 Å². The van der Waals surface area contributed by atoms with Gasteiger partial charge in [-0.3, -0.25) is 0 Å². The summed E-state index contributed by atoms with van der Waals surface area (Å²) in [6.45, 7) is 5.61. The summed E-state index contributed by atoms with van der Waals surface area (Å²) in [5.41, 5.74) is 3.43. The lowest BCUT2D eigenvalue weighted by atomic mass is 10.2. The third-order valence-corrected chi connectivity index (χ3v) is 3.95. The fourth-order valence-corrected chi connectivity index (χ4v) is 2.96. The zero-order valence-electron chi connectivity index (χ0n) is 12.3. The first-order valence-electron chi connectivity index (χ1n) is 7.15. The number of hydrogen-bond donors (Lipinski definition) is 0. The minimum Gasteiger partial charge on any atom is -0.487 e. The van der Waals surface area contributed by atoms with Crippen LogP contribution in [0.15, 0.2) is 48.5 Å². The van der Waals surface area contributed by atoms with Gasteiger partial charge in [-0.05, 0) is 43.7 Å². The summed E-state index contributed by atoms with van der Waals surface area (Å²) in [6.07, 6.45) is 0. The molecule has 21 heavy (non-hydrogen) atoms. The van der Waals surface area contributed by atoms with Gasteiger partial charge in [0.25, 0.3) is 0 Å². The zero-order chi connectivity index (χ0) is 14.8. The summed E-state index contributed by atoms with van der Waals surface area (Å²) in [7, 11) is 0. The Morgan fingerprint density at radius 2 is 1.90 bits per heavy atom. The van der Waals surface area contributed by atoms with E-state index in [1.807, 2.05) is 30.3 Å². The van der Waals surface area contributed by atoms with E-state index < -0.39 is 0 Å². The van der Waals surface area contributed by atoms with E-state index in [2.05, 4.69) is 36.6 Å². The first-order valence-corrected chi connectivity index (χ1v) is 7.53. The quantitative estimate of drug-likeness (QED) is 0.645. The highest BCUT2D eigenvalue weighted by Gasteiger charge is 2.10. The number of aryl methyl sites for hydroxylation is 2. The molecular weight excluding hydrogens is 282 g/mol. The van der Waals surface area contributed by atoms with E-state index in [0.717, 1.165) is 33.9 Å². The van der Waals surface area contributed by atoms with Gasteiger partial charge in [0, 0.05) is 11.9 Å². The molecule has 1 aromatic heterocycles. The molecule has 0 N–H and O–H groups in total. The van der Waals surface area contributed by atoms with Crippen molar-refractivity contribution >= 4 is 22.5 Å². The summed E-state index contributed by atoms with van der Waals surface area (Å²) in [5.74, 6) is 0.897. The van der Waals surface area contributed by atoms with Crippen LogP contribution in [0.25, 0.3) is 10.9 Å². The van der Waals surface area contributed by atoms with Crippen LogP contribution in [0.3, 0.4) is 0 Å². The van der Waals surface area contributed by atoms with Crippen molar-refractivity contribution in [2.24, 2.45) is 0 Å². The Bertz CT molecular complexity index is 776. The second-order valence-corrected chi connectivity index (χ2v) is 5.57. The molecule has 0 bridgehead atoms. The first kappa shape index (κ1) is 14.0. The molecule has 0 aliphatic carbocycles. The molecule has 0 unspecified atom stereocenters. The maximum Gasteiger partial charge on any atom is 0.128 e. The molecule has 0 aliphatic rings. The molecule has 0 atom stereocenters. The lowest BCUT2D eigenvalue weighted by Gasteiger charge is -2.10. The highest BCUT2D eigenvalue weighted by atomic mass is 35.5. The van der Waals surface area contributed by atoms with Crippen molar-refractivity contribution in [1.82, 2.24) is 4.57 Å². The Hall–Kier alpha value is -1.93. The van der Waals surface area contributed by atoms with Gasteiger partial charge in [-0.25, -0.2) is 0 Å². The van der Waals surface area contributed by atoms with Crippen LogP contribution in [-0.4, -0.2) is 4.57 Å². The number of ether oxygens (including phenoxy) is 1. The van der Waals surface area contributed by atoms with Crippen LogP contribution < -0.4 is 4.74 Å². The molecule has 3 heteroatoms. The molecule has 3 aromatic rings. The highest BCUT2D eigenvalue weighted by Crippen LogP contribution is 2.27. The van der Waals surface area contributed by atoms with Crippen LogP contribution in [0.5, 0.6) is 5.75 Å². The van der Waals surface area contributed by atoms with Gasteiger partial charge in [-0.1, -0.05) is 35.9 Å². The molecule has 0 amide bonds. The molecule has 3 rings (SSSR count). The lowest BCUT2D eigenvalue weighted by Crippen LogP contribution is -2.04. The average molecular weight is 300 g/mol. The molecule has 0 saturated carbocycles. The summed E-state index contributed by atoms with van der Waals surface area (Å²) < 4.78 is 8.14. The molecule has 2 nitrogen and oxygen atoms in total. The van der Waals surface area contributed by atoms with Crippen molar-refractivity contribution in [3.63, 3.8) is 0 Å². The van der Waals surface area contributed by atoms with E-state index in [0.29, 0.717) is 6.61 Å². The van der Waals surface area contributed by atoms with Crippen LogP contribution in [0.1, 0.15) is 18.2 Å². The standard InChI is InChI=1S/C18H18ClNO/c1-3-20-15(11-14-7-5-9-17(19)18(14)20)12-21-16-8-4-6-13(2)10-16/h4-11H,3,12H2,1-2H3. The number of halogens is 1. The molecule has 0 saturated heterocycles. The third kappa shape index (κ3) is 2.77. The molecule has 0 spiro atoms. The number of aromatic nitrogens is 1. The number of rotatable bonds is 4. The van der Waals surface area contributed by atoms with E-state index in [9.17, 15) is 0 Å². The van der Waals surface area contributed by atoms with Crippen molar-refractivity contribution in [1.29, 1.82) is 0 Å². The Balaban J connectivity index is 1.92. The van der Waals surface area contributed by atoms with E-state index >= 15 is 0 Å². The van der Waals surface area contributed by atoms with Crippen LogP contribution >= 0.6 is 11.6 Å². The van der Waals surface area contributed by atoms with E-state index in [1.165, 1.54) is 5.56 Å². The van der Waals surface area contributed by atoms with Crippen molar-refractivity contribution < 1.29 is 4.74 Å². The van der Waals surface area contributed by atoms with E-state index in [1.54, 1.807) is 0 Å². The molecular formula is C18H18ClNO. The van der Waals surface area contributed by atoms with E-state index in [4.69, 9.17) is 16.3 Å². The fraction of sp³-hybridized carbons (Fsp3) is 0.222. The predicted molar refractivity (Wildman–Crippen MR) is 88.1 cm³/mol. The topological polar surface area (TPSA) is 14.2 Å². The van der Waals surface area contributed by atoms with Crippen LogP contribution in [0, 0.1) is 6.92 Å². The number of nitrogens with zero attached hydrogens (tertiary/aromatic N) is 1. The molecule has 0 fully saturated rings. The smallest absolute Gasteiger partial charge is 0.128 e. The molecule has 0 aliphatic heterocycles. The number of benzene rings is 2. The summed E-state index contributed by atoms with van der Waals surface area (Å²) in [6, 6.07) is 16.3. The second-order valence-electron chi connectivity index (χ2n) is 5.16.